The van der Waals surface area contributed by atoms with Crippen LogP contribution in [0.3, 0.4) is 0 Å². The van der Waals surface area contributed by atoms with Gasteiger partial charge in [0.1, 0.15) is 5.82 Å². The van der Waals surface area contributed by atoms with Crippen LogP contribution < -0.4 is 5.56 Å². The molecule has 0 atom stereocenters. The van der Waals surface area contributed by atoms with Crippen LogP contribution >= 0.6 is 11.6 Å². The number of nitrogens with zero attached hydrogens (tertiary/aromatic N) is 4. The van der Waals surface area contributed by atoms with E-state index < -0.39 is 0 Å². The molecule has 0 aliphatic heterocycles. The van der Waals surface area contributed by atoms with Crippen molar-refractivity contribution in [2.45, 2.75) is 5.88 Å². The number of alkyl halides is 1. The van der Waals surface area contributed by atoms with Crippen LogP contribution in [0, 0.1) is 0 Å². The van der Waals surface area contributed by atoms with E-state index in [0.29, 0.717) is 17.0 Å². The lowest BCUT2D eigenvalue weighted by Crippen LogP contribution is -2.18. The van der Waals surface area contributed by atoms with Crippen molar-refractivity contribution < 1.29 is 0 Å². The van der Waals surface area contributed by atoms with E-state index in [9.17, 15) is 4.79 Å². The SMILES string of the molecule is O=c1nc2c3ccccc3nc(CCl)n2nc1-c1ccccc1. The van der Waals surface area contributed by atoms with E-state index in [-0.39, 0.29) is 17.1 Å². The molecule has 0 unspecified atom stereocenters. The van der Waals surface area contributed by atoms with Gasteiger partial charge in [0.2, 0.25) is 0 Å². The van der Waals surface area contributed by atoms with Crippen molar-refractivity contribution in [3.05, 3.63) is 70.8 Å². The minimum absolute atomic E-state index is 0.174. The summed E-state index contributed by atoms with van der Waals surface area (Å²) in [4.78, 5) is 21.2. The van der Waals surface area contributed by atoms with Gasteiger partial charge in [0.25, 0.3) is 5.56 Å². The van der Waals surface area contributed by atoms with E-state index in [1.807, 2.05) is 54.6 Å². The van der Waals surface area contributed by atoms with Crippen molar-refractivity contribution >= 4 is 28.2 Å². The lowest BCUT2D eigenvalue weighted by Gasteiger charge is -2.09. The number of rotatable bonds is 2. The highest BCUT2D eigenvalue weighted by atomic mass is 35.5. The van der Waals surface area contributed by atoms with Crippen LogP contribution in [0.4, 0.5) is 0 Å². The molecular formula is C17H11ClN4O. The zero-order chi connectivity index (χ0) is 15.8. The van der Waals surface area contributed by atoms with Gasteiger partial charge in [0.15, 0.2) is 11.3 Å². The van der Waals surface area contributed by atoms with Gasteiger partial charge < -0.3 is 0 Å². The number of fused-ring (bicyclic) bond motifs is 3. The number of aromatic nitrogens is 4. The summed E-state index contributed by atoms with van der Waals surface area (Å²) in [6.45, 7) is 0. The average Bonchev–Trinajstić information content (AvgIpc) is 2.61. The second-order valence-corrected chi connectivity index (χ2v) is 5.31. The number of halogens is 1. The van der Waals surface area contributed by atoms with Crippen LogP contribution in [-0.4, -0.2) is 19.6 Å². The number of benzene rings is 2. The molecule has 2 aromatic carbocycles. The Morgan fingerprint density at radius 1 is 0.957 bits per heavy atom. The third-order valence-corrected chi connectivity index (χ3v) is 3.86. The largest absolute Gasteiger partial charge is 0.300 e. The Balaban J connectivity index is 2.13. The Bertz CT molecular complexity index is 1080. The molecule has 0 saturated heterocycles. The highest BCUT2D eigenvalue weighted by molar-refractivity contribution is 6.16. The van der Waals surface area contributed by atoms with Crippen LogP contribution in [0.5, 0.6) is 0 Å². The van der Waals surface area contributed by atoms with Crippen molar-refractivity contribution in [2.75, 3.05) is 0 Å². The second-order valence-electron chi connectivity index (χ2n) is 5.05. The van der Waals surface area contributed by atoms with Crippen LogP contribution in [-0.2, 0) is 5.88 Å². The Labute approximate surface area is 136 Å². The van der Waals surface area contributed by atoms with Crippen LogP contribution in [0.15, 0.2) is 59.4 Å². The third kappa shape index (κ3) is 2.26. The van der Waals surface area contributed by atoms with Crippen LogP contribution in [0.25, 0.3) is 27.8 Å². The molecule has 4 aromatic rings. The molecule has 0 aliphatic rings. The first-order valence-corrected chi connectivity index (χ1v) is 7.61. The minimum atomic E-state index is -0.368. The molecule has 6 heteroatoms. The summed E-state index contributed by atoms with van der Waals surface area (Å²) in [5.41, 5.74) is 1.84. The summed E-state index contributed by atoms with van der Waals surface area (Å²) < 4.78 is 1.55. The lowest BCUT2D eigenvalue weighted by molar-refractivity contribution is 0.819. The summed E-state index contributed by atoms with van der Waals surface area (Å²) in [6.07, 6.45) is 0. The average molecular weight is 323 g/mol. The highest BCUT2D eigenvalue weighted by Gasteiger charge is 2.13. The fourth-order valence-electron chi connectivity index (χ4n) is 2.55. The normalized spacial score (nSPS) is 11.2. The minimum Gasteiger partial charge on any atom is -0.265 e. The van der Waals surface area contributed by atoms with E-state index in [4.69, 9.17) is 11.6 Å². The summed E-state index contributed by atoms with van der Waals surface area (Å²) in [6, 6.07) is 16.7. The molecule has 0 aliphatic carbocycles. The maximum absolute atomic E-state index is 12.4. The Morgan fingerprint density at radius 3 is 2.48 bits per heavy atom. The van der Waals surface area contributed by atoms with Gasteiger partial charge in [-0.2, -0.15) is 14.6 Å². The summed E-state index contributed by atoms with van der Waals surface area (Å²) >= 11 is 6.02. The molecule has 0 saturated carbocycles. The fraction of sp³-hybridized carbons (Fsp3) is 0.0588. The molecule has 0 spiro atoms. The maximum Gasteiger partial charge on any atom is 0.300 e. The van der Waals surface area contributed by atoms with Gasteiger partial charge in [-0.15, -0.1) is 11.6 Å². The molecule has 0 amide bonds. The molecule has 0 N–H and O–H groups in total. The number of para-hydroxylation sites is 1. The van der Waals surface area contributed by atoms with Crippen molar-refractivity contribution in [2.24, 2.45) is 0 Å². The van der Waals surface area contributed by atoms with Gasteiger partial charge >= 0.3 is 0 Å². The maximum atomic E-state index is 12.4. The van der Waals surface area contributed by atoms with Crippen molar-refractivity contribution in [1.82, 2.24) is 19.6 Å². The predicted molar refractivity (Wildman–Crippen MR) is 89.6 cm³/mol. The van der Waals surface area contributed by atoms with Gasteiger partial charge in [0, 0.05) is 10.9 Å². The zero-order valence-electron chi connectivity index (χ0n) is 12.0. The van der Waals surface area contributed by atoms with Crippen LogP contribution in [0.2, 0.25) is 0 Å². The quantitative estimate of drug-likeness (QED) is 0.420. The molecule has 2 aromatic heterocycles. The lowest BCUT2D eigenvalue weighted by atomic mass is 10.2. The molecule has 0 bridgehead atoms. The first kappa shape index (κ1) is 13.8. The zero-order valence-corrected chi connectivity index (χ0v) is 12.7. The number of hydrogen-bond acceptors (Lipinski definition) is 4. The molecule has 2 heterocycles. The first-order chi connectivity index (χ1) is 11.3. The van der Waals surface area contributed by atoms with Crippen molar-refractivity contribution in [3.8, 4) is 11.3 Å². The Hall–Kier alpha value is -2.79. The van der Waals surface area contributed by atoms with E-state index in [0.717, 1.165) is 10.9 Å². The van der Waals surface area contributed by atoms with Crippen molar-refractivity contribution in [3.63, 3.8) is 0 Å². The highest BCUT2D eigenvalue weighted by Crippen LogP contribution is 2.19. The van der Waals surface area contributed by atoms with E-state index in [1.165, 1.54) is 0 Å². The van der Waals surface area contributed by atoms with Gasteiger partial charge in [-0.05, 0) is 12.1 Å². The molecule has 112 valence electrons. The smallest absolute Gasteiger partial charge is 0.265 e. The van der Waals surface area contributed by atoms with E-state index >= 15 is 0 Å². The Morgan fingerprint density at radius 2 is 1.70 bits per heavy atom. The van der Waals surface area contributed by atoms with Gasteiger partial charge in [-0.3, -0.25) is 4.79 Å². The fourth-order valence-corrected chi connectivity index (χ4v) is 2.72. The predicted octanol–water partition coefficient (Wildman–Crippen LogP) is 3.04. The van der Waals surface area contributed by atoms with Gasteiger partial charge in [-0.25, -0.2) is 4.98 Å². The third-order valence-electron chi connectivity index (χ3n) is 3.62. The molecule has 0 radical (unpaired) electrons. The molecule has 0 fully saturated rings. The standard InChI is InChI=1S/C17H11ClN4O/c18-10-14-19-13-9-5-4-8-12(13)16-20-17(23)15(21-22(14)16)11-6-2-1-3-7-11/h1-9H,10H2. The monoisotopic (exact) mass is 322 g/mol. The molecule has 5 nitrogen and oxygen atoms in total. The topological polar surface area (TPSA) is 60.2 Å². The van der Waals surface area contributed by atoms with E-state index in [1.54, 1.807) is 4.52 Å². The summed E-state index contributed by atoms with van der Waals surface area (Å²) in [5, 5.41) is 5.23. The Kier molecular flexibility index (Phi) is 3.28. The summed E-state index contributed by atoms with van der Waals surface area (Å²) in [5.74, 6) is 0.720. The molecule has 4 rings (SSSR count). The van der Waals surface area contributed by atoms with E-state index in [2.05, 4.69) is 15.1 Å². The second kappa shape index (κ2) is 5.44. The first-order valence-electron chi connectivity index (χ1n) is 7.08. The van der Waals surface area contributed by atoms with Gasteiger partial charge in [0.05, 0.1) is 11.4 Å². The van der Waals surface area contributed by atoms with Gasteiger partial charge in [-0.1, -0.05) is 42.5 Å². The summed E-state index contributed by atoms with van der Waals surface area (Å²) in [7, 11) is 0. The van der Waals surface area contributed by atoms with Crippen molar-refractivity contribution in [1.29, 1.82) is 0 Å². The number of hydrogen-bond donors (Lipinski definition) is 0. The molecule has 23 heavy (non-hydrogen) atoms. The molecular weight excluding hydrogens is 312 g/mol. The van der Waals surface area contributed by atoms with Crippen LogP contribution in [0.1, 0.15) is 5.82 Å².